The van der Waals surface area contributed by atoms with Crippen molar-refractivity contribution in [3.63, 3.8) is 0 Å². The van der Waals surface area contributed by atoms with Crippen molar-refractivity contribution < 1.29 is 4.74 Å². The molecular formula is C12H24N2O. The van der Waals surface area contributed by atoms with Gasteiger partial charge in [0.2, 0.25) is 0 Å². The Morgan fingerprint density at radius 2 is 1.73 bits per heavy atom. The van der Waals surface area contributed by atoms with Crippen LogP contribution in [0.15, 0.2) is 0 Å². The molecule has 0 saturated carbocycles. The van der Waals surface area contributed by atoms with Crippen molar-refractivity contribution in [1.82, 2.24) is 9.80 Å². The lowest BCUT2D eigenvalue weighted by molar-refractivity contribution is 0.0171. The molecule has 3 nitrogen and oxygen atoms in total. The number of hydrogen-bond donors (Lipinski definition) is 0. The fourth-order valence-electron chi connectivity index (χ4n) is 2.58. The Balaban J connectivity index is 1.64. The molecule has 0 aromatic rings. The van der Waals surface area contributed by atoms with E-state index in [0.717, 1.165) is 32.3 Å². The van der Waals surface area contributed by atoms with Crippen molar-refractivity contribution in [3.8, 4) is 0 Å². The van der Waals surface area contributed by atoms with Crippen LogP contribution in [0.5, 0.6) is 0 Å². The maximum atomic E-state index is 5.38. The first kappa shape index (κ1) is 11.4. The van der Waals surface area contributed by atoms with Crippen LogP contribution in [0.25, 0.3) is 0 Å². The van der Waals surface area contributed by atoms with Crippen LogP contribution in [0.1, 0.15) is 26.2 Å². The highest BCUT2D eigenvalue weighted by Gasteiger charge is 2.18. The fraction of sp³-hybridized carbons (Fsp3) is 1.00. The minimum Gasteiger partial charge on any atom is -0.379 e. The summed E-state index contributed by atoms with van der Waals surface area (Å²) in [7, 11) is 0. The predicted octanol–water partition coefficient (Wildman–Crippen LogP) is 1.19. The van der Waals surface area contributed by atoms with Crippen molar-refractivity contribution >= 4 is 0 Å². The van der Waals surface area contributed by atoms with Gasteiger partial charge in [-0.15, -0.1) is 0 Å². The summed E-state index contributed by atoms with van der Waals surface area (Å²) in [4.78, 5) is 5.18. The van der Waals surface area contributed by atoms with E-state index >= 15 is 0 Å². The van der Waals surface area contributed by atoms with E-state index in [1.165, 1.54) is 38.9 Å². The average Bonchev–Trinajstić information content (AvgIpc) is 2.80. The Hall–Kier alpha value is -0.120. The molecule has 0 N–H and O–H groups in total. The maximum absolute atomic E-state index is 5.38. The van der Waals surface area contributed by atoms with Crippen molar-refractivity contribution in [2.24, 2.45) is 0 Å². The Bertz CT molecular complexity index is 174. The van der Waals surface area contributed by atoms with Gasteiger partial charge < -0.3 is 9.64 Å². The topological polar surface area (TPSA) is 15.7 Å². The van der Waals surface area contributed by atoms with Crippen LogP contribution in [0, 0.1) is 0 Å². The quantitative estimate of drug-likeness (QED) is 0.696. The molecule has 0 aliphatic carbocycles. The van der Waals surface area contributed by atoms with Gasteiger partial charge >= 0.3 is 0 Å². The highest BCUT2D eigenvalue weighted by molar-refractivity contribution is 4.73. The summed E-state index contributed by atoms with van der Waals surface area (Å²) in [6.07, 6.45) is 4.14. The Morgan fingerprint density at radius 1 is 1.07 bits per heavy atom. The second-order valence-electron chi connectivity index (χ2n) is 4.83. The molecule has 15 heavy (non-hydrogen) atoms. The van der Waals surface area contributed by atoms with Crippen LogP contribution in [0.2, 0.25) is 0 Å². The number of ether oxygens (including phenoxy) is 1. The Kier molecular flexibility index (Phi) is 4.42. The molecule has 0 aromatic carbocycles. The second kappa shape index (κ2) is 5.83. The largest absolute Gasteiger partial charge is 0.379 e. The first-order chi connectivity index (χ1) is 7.36. The van der Waals surface area contributed by atoms with Crippen LogP contribution >= 0.6 is 0 Å². The summed E-state index contributed by atoms with van der Waals surface area (Å²) in [6.45, 7) is 10.4. The molecule has 0 bridgehead atoms. The molecule has 2 aliphatic rings. The number of hydrogen-bond acceptors (Lipinski definition) is 3. The molecule has 1 atom stereocenters. The molecule has 2 heterocycles. The van der Waals surface area contributed by atoms with Crippen LogP contribution < -0.4 is 0 Å². The summed E-state index contributed by atoms with van der Waals surface area (Å²) in [5.41, 5.74) is 0. The molecule has 2 rings (SSSR count). The minimum atomic E-state index is 0.731. The summed E-state index contributed by atoms with van der Waals surface area (Å²) in [6, 6.07) is 0.731. The maximum Gasteiger partial charge on any atom is 0.0594 e. The monoisotopic (exact) mass is 212 g/mol. The zero-order valence-corrected chi connectivity index (χ0v) is 9.95. The van der Waals surface area contributed by atoms with Crippen molar-refractivity contribution in [2.75, 3.05) is 45.9 Å². The molecule has 2 fully saturated rings. The summed E-state index contributed by atoms with van der Waals surface area (Å²) >= 11 is 0. The number of likely N-dealkylation sites (tertiary alicyclic amines) is 1. The molecule has 2 aliphatic heterocycles. The number of morpholine rings is 1. The summed E-state index contributed by atoms with van der Waals surface area (Å²) < 4.78 is 5.38. The molecule has 0 amide bonds. The Morgan fingerprint density at radius 3 is 2.40 bits per heavy atom. The third-order valence-corrected chi connectivity index (χ3v) is 3.73. The van der Waals surface area contributed by atoms with Crippen molar-refractivity contribution in [3.05, 3.63) is 0 Å². The van der Waals surface area contributed by atoms with Gasteiger partial charge in [-0.25, -0.2) is 0 Å². The minimum absolute atomic E-state index is 0.731. The average molecular weight is 212 g/mol. The molecular weight excluding hydrogens is 188 g/mol. The lowest BCUT2D eigenvalue weighted by Gasteiger charge is -2.33. The van der Waals surface area contributed by atoms with E-state index in [4.69, 9.17) is 4.74 Å². The van der Waals surface area contributed by atoms with E-state index in [0.29, 0.717) is 0 Å². The smallest absolute Gasteiger partial charge is 0.0594 e. The van der Waals surface area contributed by atoms with Gasteiger partial charge in [0.25, 0.3) is 0 Å². The zero-order chi connectivity index (χ0) is 10.5. The lowest BCUT2D eigenvalue weighted by atomic mass is 10.2. The Labute approximate surface area is 93.4 Å². The van der Waals surface area contributed by atoms with Crippen LogP contribution in [0.3, 0.4) is 0 Å². The van der Waals surface area contributed by atoms with Gasteiger partial charge in [0.15, 0.2) is 0 Å². The van der Waals surface area contributed by atoms with Crippen LogP contribution in [-0.4, -0.2) is 61.8 Å². The SMILES string of the molecule is CC(CCN1CCCC1)N1CCOCC1. The zero-order valence-electron chi connectivity index (χ0n) is 9.95. The number of rotatable bonds is 4. The predicted molar refractivity (Wildman–Crippen MR) is 62.1 cm³/mol. The van der Waals surface area contributed by atoms with Gasteiger partial charge in [-0.05, 0) is 45.8 Å². The van der Waals surface area contributed by atoms with Gasteiger partial charge in [0, 0.05) is 19.1 Å². The van der Waals surface area contributed by atoms with E-state index in [1.54, 1.807) is 0 Å². The van der Waals surface area contributed by atoms with E-state index in [1.807, 2.05) is 0 Å². The third-order valence-electron chi connectivity index (χ3n) is 3.73. The first-order valence-corrected chi connectivity index (χ1v) is 6.40. The van der Waals surface area contributed by atoms with Gasteiger partial charge in [-0.3, -0.25) is 4.90 Å². The second-order valence-corrected chi connectivity index (χ2v) is 4.83. The van der Waals surface area contributed by atoms with E-state index in [9.17, 15) is 0 Å². The normalized spacial score (nSPS) is 27.0. The molecule has 0 aromatic heterocycles. The molecule has 0 radical (unpaired) electrons. The lowest BCUT2D eigenvalue weighted by Crippen LogP contribution is -2.43. The number of nitrogens with zero attached hydrogens (tertiary/aromatic N) is 2. The van der Waals surface area contributed by atoms with Crippen molar-refractivity contribution in [2.45, 2.75) is 32.2 Å². The van der Waals surface area contributed by atoms with Crippen LogP contribution in [-0.2, 0) is 4.74 Å². The van der Waals surface area contributed by atoms with Gasteiger partial charge in [-0.1, -0.05) is 0 Å². The van der Waals surface area contributed by atoms with Gasteiger partial charge in [0.1, 0.15) is 0 Å². The standard InChI is InChI=1S/C12H24N2O/c1-12(14-8-10-15-11-9-14)4-7-13-5-2-3-6-13/h12H,2-11H2,1H3. The van der Waals surface area contributed by atoms with E-state index in [2.05, 4.69) is 16.7 Å². The van der Waals surface area contributed by atoms with E-state index < -0.39 is 0 Å². The van der Waals surface area contributed by atoms with E-state index in [-0.39, 0.29) is 0 Å². The fourth-order valence-corrected chi connectivity index (χ4v) is 2.58. The molecule has 3 heteroatoms. The van der Waals surface area contributed by atoms with Gasteiger partial charge in [-0.2, -0.15) is 0 Å². The third kappa shape index (κ3) is 3.44. The summed E-state index contributed by atoms with van der Waals surface area (Å²) in [5, 5.41) is 0. The molecule has 1 unspecified atom stereocenters. The first-order valence-electron chi connectivity index (χ1n) is 6.40. The molecule has 88 valence electrons. The highest BCUT2D eigenvalue weighted by atomic mass is 16.5. The molecule has 2 saturated heterocycles. The van der Waals surface area contributed by atoms with Crippen molar-refractivity contribution in [1.29, 1.82) is 0 Å². The highest BCUT2D eigenvalue weighted by Crippen LogP contribution is 2.11. The summed E-state index contributed by atoms with van der Waals surface area (Å²) in [5.74, 6) is 0. The molecule has 0 spiro atoms. The van der Waals surface area contributed by atoms with Crippen LogP contribution in [0.4, 0.5) is 0 Å². The van der Waals surface area contributed by atoms with Gasteiger partial charge in [0.05, 0.1) is 13.2 Å².